The van der Waals surface area contributed by atoms with Gasteiger partial charge in [-0.1, -0.05) is 131 Å². The summed E-state index contributed by atoms with van der Waals surface area (Å²) in [4.78, 5) is 0. The number of hydrogen-bond acceptors (Lipinski definition) is 1. The van der Waals surface area contributed by atoms with Gasteiger partial charge in [-0.05, 0) is 0 Å². The number of benzene rings is 3. The van der Waals surface area contributed by atoms with Crippen molar-refractivity contribution in [3.05, 3.63) is 91.0 Å². The van der Waals surface area contributed by atoms with Gasteiger partial charge < -0.3 is 4.57 Å². The summed E-state index contributed by atoms with van der Waals surface area (Å²) in [6.07, 6.45) is 5.54. The molecule has 0 fully saturated rings. The molecule has 3 rings (SSSR count). The molecule has 3 aromatic carbocycles. The molecular formula is C24H29OP. The maximum atomic E-state index is 13.8. The quantitative estimate of drug-likeness (QED) is 0.392. The molecule has 0 spiro atoms. The molecule has 1 nitrogen and oxygen atoms in total. The second-order valence-corrected chi connectivity index (χ2v) is 9.09. The largest absolute Gasteiger partial charge is 0.309 e. The van der Waals surface area contributed by atoms with Gasteiger partial charge in [0.2, 0.25) is 0 Å². The minimum atomic E-state index is -2.78. The molecule has 0 unspecified atom stereocenters. The molecule has 0 atom stereocenters. The monoisotopic (exact) mass is 364 g/mol. The molecule has 0 N–H and O–H groups in total. The predicted molar refractivity (Wildman–Crippen MR) is 116 cm³/mol. The van der Waals surface area contributed by atoms with Gasteiger partial charge in [0.25, 0.3) is 0 Å². The van der Waals surface area contributed by atoms with Crippen LogP contribution in [0.1, 0.15) is 39.5 Å². The topological polar surface area (TPSA) is 17.1 Å². The van der Waals surface area contributed by atoms with Gasteiger partial charge in [0, 0.05) is 15.9 Å². The van der Waals surface area contributed by atoms with E-state index in [1.165, 1.54) is 25.7 Å². The van der Waals surface area contributed by atoms with Crippen LogP contribution in [0.5, 0.6) is 0 Å². The van der Waals surface area contributed by atoms with E-state index in [9.17, 15) is 4.57 Å². The lowest BCUT2D eigenvalue weighted by molar-refractivity contribution is 0.592. The normalized spacial score (nSPS) is 10.7. The summed E-state index contributed by atoms with van der Waals surface area (Å²) < 4.78 is 13.8. The summed E-state index contributed by atoms with van der Waals surface area (Å²) in [6.45, 7) is 4.46. The third kappa shape index (κ3) is 5.19. The molecule has 0 aliphatic rings. The molecule has 0 aliphatic carbocycles. The van der Waals surface area contributed by atoms with Crippen LogP contribution in [0.4, 0.5) is 0 Å². The van der Waals surface area contributed by atoms with E-state index in [-0.39, 0.29) is 0 Å². The molecule has 2 heteroatoms. The van der Waals surface area contributed by atoms with Crippen LogP contribution in [0, 0.1) is 0 Å². The highest BCUT2D eigenvalue weighted by Gasteiger charge is 2.28. The Bertz CT molecular complexity index is 675. The Morgan fingerprint density at radius 1 is 0.538 bits per heavy atom. The van der Waals surface area contributed by atoms with Crippen LogP contribution in [0.15, 0.2) is 91.0 Å². The van der Waals surface area contributed by atoms with Gasteiger partial charge in [0.15, 0.2) is 7.14 Å². The van der Waals surface area contributed by atoms with Crippen LogP contribution in [-0.4, -0.2) is 0 Å². The third-order valence-electron chi connectivity index (χ3n) is 4.32. The molecule has 3 aromatic rings. The average molecular weight is 364 g/mol. The summed E-state index contributed by atoms with van der Waals surface area (Å²) >= 11 is 0. The summed E-state index contributed by atoms with van der Waals surface area (Å²) in [5.41, 5.74) is 0. The van der Waals surface area contributed by atoms with Crippen molar-refractivity contribution >= 4 is 23.1 Å². The lowest BCUT2D eigenvalue weighted by atomic mass is 10.2. The van der Waals surface area contributed by atoms with E-state index in [0.29, 0.717) is 0 Å². The Labute approximate surface area is 158 Å². The van der Waals surface area contributed by atoms with E-state index in [4.69, 9.17) is 0 Å². The Balaban J connectivity index is 0.000000352. The number of hydrogen-bond donors (Lipinski definition) is 0. The van der Waals surface area contributed by atoms with Crippen molar-refractivity contribution < 1.29 is 4.57 Å². The van der Waals surface area contributed by atoms with Crippen LogP contribution in [0.2, 0.25) is 0 Å². The molecular weight excluding hydrogens is 335 g/mol. The fraction of sp³-hybridized carbons (Fsp3) is 0.250. The molecule has 0 aromatic heterocycles. The number of unbranched alkanes of at least 4 members (excludes halogenated alkanes) is 3. The van der Waals surface area contributed by atoms with Crippen molar-refractivity contribution in [2.45, 2.75) is 39.5 Å². The molecule has 0 bridgehead atoms. The predicted octanol–water partition coefficient (Wildman–Crippen LogP) is 5.91. The fourth-order valence-corrected chi connectivity index (χ4v) is 5.53. The van der Waals surface area contributed by atoms with E-state index in [2.05, 4.69) is 13.8 Å². The van der Waals surface area contributed by atoms with Gasteiger partial charge in [-0.2, -0.15) is 0 Å². The van der Waals surface area contributed by atoms with Crippen molar-refractivity contribution in [3.63, 3.8) is 0 Å². The Morgan fingerprint density at radius 3 is 1.04 bits per heavy atom. The highest BCUT2D eigenvalue weighted by Crippen LogP contribution is 2.41. The Kier molecular flexibility index (Phi) is 8.38. The van der Waals surface area contributed by atoms with E-state index in [1.54, 1.807) is 0 Å². The lowest BCUT2D eigenvalue weighted by Crippen LogP contribution is -2.24. The van der Waals surface area contributed by atoms with Crippen molar-refractivity contribution in [1.82, 2.24) is 0 Å². The van der Waals surface area contributed by atoms with Gasteiger partial charge in [0.05, 0.1) is 0 Å². The zero-order valence-corrected chi connectivity index (χ0v) is 16.7. The first-order valence-corrected chi connectivity index (χ1v) is 11.2. The molecule has 0 aliphatic heterocycles. The maximum Gasteiger partial charge on any atom is 0.171 e. The highest BCUT2D eigenvalue weighted by atomic mass is 31.2. The van der Waals surface area contributed by atoms with Crippen molar-refractivity contribution in [2.75, 3.05) is 0 Å². The van der Waals surface area contributed by atoms with Crippen molar-refractivity contribution in [3.8, 4) is 0 Å². The zero-order chi connectivity index (χ0) is 18.7. The first kappa shape index (κ1) is 20.2. The summed E-state index contributed by atoms with van der Waals surface area (Å²) in [7, 11) is -2.78. The molecule has 26 heavy (non-hydrogen) atoms. The van der Waals surface area contributed by atoms with E-state index >= 15 is 0 Å². The van der Waals surface area contributed by atoms with Gasteiger partial charge >= 0.3 is 0 Å². The zero-order valence-electron chi connectivity index (χ0n) is 15.8. The van der Waals surface area contributed by atoms with Crippen LogP contribution < -0.4 is 15.9 Å². The molecule has 0 saturated heterocycles. The van der Waals surface area contributed by atoms with Crippen LogP contribution in [-0.2, 0) is 4.57 Å². The SMILES string of the molecule is CCCCCC.O=P(c1ccccc1)(c1ccccc1)c1ccccc1. The van der Waals surface area contributed by atoms with E-state index < -0.39 is 7.14 Å². The van der Waals surface area contributed by atoms with E-state index in [1.807, 2.05) is 91.0 Å². The molecule has 0 heterocycles. The summed E-state index contributed by atoms with van der Waals surface area (Å²) in [6, 6.07) is 29.1. The summed E-state index contributed by atoms with van der Waals surface area (Å²) in [5.74, 6) is 0. The van der Waals surface area contributed by atoms with Crippen molar-refractivity contribution in [1.29, 1.82) is 0 Å². The summed E-state index contributed by atoms with van der Waals surface area (Å²) in [5, 5.41) is 2.62. The van der Waals surface area contributed by atoms with Gasteiger partial charge in [-0.25, -0.2) is 0 Å². The Morgan fingerprint density at radius 2 is 0.808 bits per heavy atom. The van der Waals surface area contributed by atoms with Gasteiger partial charge in [0.1, 0.15) is 0 Å². The van der Waals surface area contributed by atoms with Crippen LogP contribution >= 0.6 is 7.14 Å². The van der Waals surface area contributed by atoms with Gasteiger partial charge in [-0.3, -0.25) is 0 Å². The second kappa shape index (κ2) is 10.8. The lowest BCUT2D eigenvalue weighted by Gasteiger charge is -2.19. The third-order valence-corrected chi connectivity index (χ3v) is 7.39. The maximum absolute atomic E-state index is 13.8. The first-order valence-electron chi connectivity index (χ1n) is 9.50. The van der Waals surface area contributed by atoms with Crippen LogP contribution in [0.25, 0.3) is 0 Å². The molecule has 0 amide bonds. The molecule has 0 radical (unpaired) electrons. The van der Waals surface area contributed by atoms with Gasteiger partial charge in [-0.15, -0.1) is 0 Å². The standard InChI is InChI=1S/C18H15OP.C6H14/c19-20(16-10-4-1-5-11-16,17-12-6-2-7-13-17)18-14-8-3-9-15-18;1-3-5-6-4-2/h1-15H;3-6H2,1-2H3. The second-order valence-electron chi connectivity index (χ2n) is 6.32. The Hall–Kier alpha value is -2.11. The molecule has 136 valence electrons. The fourth-order valence-electron chi connectivity index (χ4n) is 2.86. The minimum Gasteiger partial charge on any atom is -0.309 e. The smallest absolute Gasteiger partial charge is 0.171 e. The molecule has 0 saturated carbocycles. The van der Waals surface area contributed by atoms with E-state index in [0.717, 1.165) is 15.9 Å². The first-order chi connectivity index (χ1) is 12.7. The highest BCUT2D eigenvalue weighted by molar-refractivity contribution is 7.85. The number of rotatable bonds is 6. The minimum absolute atomic E-state index is 0.873. The van der Waals surface area contributed by atoms with Crippen LogP contribution in [0.3, 0.4) is 0 Å². The average Bonchev–Trinajstić information content (AvgIpc) is 2.74. The van der Waals surface area contributed by atoms with Crippen molar-refractivity contribution in [2.24, 2.45) is 0 Å².